The lowest BCUT2D eigenvalue weighted by molar-refractivity contribution is -0.159. The van der Waals surface area contributed by atoms with Crippen LogP contribution in [-0.4, -0.2) is 63.1 Å². The second kappa shape index (κ2) is 8.66. The molecule has 0 bridgehead atoms. The summed E-state index contributed by atoms with van der Waals surface area (Å²) >= 11 is 1.79. The minimum absolute atomic E-state index is 0.185. The SMILES string of the molecule is CCN1CC(O)C(Sc2ccccc2)C1.O=C(O)C(=O)O. The van der Waals surface area contributed by atoms with Gasteiger partial charge >= 0.3 is 11.9 Å². The molecule has 116 valence electrons. The van der Waals surface area contributed by atoms with Crippen molar-refractivity contribution in [2.75, 3.05) is 19.6 Å². The number of β-amino-alcohol motifs (C(OH)–C–C–N with tert-alkyl or cyclic N) is 1. The maximum Gasteiger partial charge on any atom is 0.414 e. The Labute approximate surface area is 127 Å². The van der Waals surface area contributed by atoms with E-state index in [4.69, 9.17) is 19.8 Å². The topological polar surface area (TPSA) is 98.1 Å². The van der Waals surface area contributed by atoms with Crippen LogP contribution in [0.1, 0.15) is 6.92 Å². The lowest BCUT2D eigenvalue weighted by Gasteiger charge is -2.13. The van der Waals surface area contributed by atoms with Crippen molar-refractivity contribution in [2.45, 2.75) is 23.2 Å². The number of carboxylic acid groups (broad SMARTS) is 2. The minimum Gasteiger partial charge on any atom is -0.473 e. The second-order valence-corrected chi connectivity index (χ2v) is 5.81. The van der Waals surface area contributed by atoms with Crippen LogP contribution < -0.4 is 0 Å². The van der Waals surface area contributed by atoms with Crippen LogP contribution >= 0.6 is 11.8 Å². The standard InChI is InChI=1S/C12H17NOS.C2H2O4/c1-2-13-8-11(14)12(9-13)15-10-6-4-3-5-7-10;3-1(4)2(5)6/h3-7,11-12,14H,2,8-9H2,1H3;(H,3,4)(H,5,6). The van der Waals surface area contributed by atoms with E-state index in [0.29, 0.717) is 5.25 Å². The van der Waals surface area contributed by atoms with E-state index in [1.807, 2.05) is 18.2 Å². The number of hydrogen-bond acceptors (Lipinski definition) is 5. The summed E-state index contributed by atoms with van der Waals surface area (Å²) in [5.41, 5.74) is 0. The van der Waals surface area contributed by atoms with Gasteiger partial charge in [-0.1, -0.05) is 25.1 Å². The summed E-state index contributed by atoms with van der Waals surface area (Å²) in [4.78, 5) is 21.7. The summed E-state index contributed by atoms with van der Waals surface area (Å²) in [6.07, 6.45) is -0.185. The highest BCUT2D eigenvalue weighted by atomic mass is 32.2. The van der Waals surface area contributed by atoms with Crippen LogP contribution in [-0.2, 0) is 9.59 Å². The molecular weight excluding hydrogens is 294 g/mol. The molecular formula is C14H19NO5S. The smallest absolute Gasteiger partial charge is 0.414 e. The van der Waals surface area contributed by atoms with E-state index in [9.17, 15) is 5.11 Å². The first kappa shape index (κ1) is 17.5. The minimum atomic E-state index is -1.82. The molecule has 2 atom stereocenters. The molecule has 2 rings (SSSR count). The van der Waals surface area contributed by atoms with Crippen molar-refractivity contribution < 1.29 is 24.9 Å². The molecule has 2 unspecified atom stereocenters. The second-order valence-electron chi connectivity index (χ2n) is 4.50. The number of likely N-dealkylation sites (tertiary alicyclic amines) is 1. The predicted molar refractivity (Wildman–Crippen MR) is 79.5 cm³/mol. The largest absolute Gasteiger partial charge is 0.473 e. The average Bonchev–Trinajstić information content (AvgIpc) is 2.81. The fraction of sp³-hybridized carbons (Fsp3) is 0.429. The molecule has 0 amide bonds. The maximum absolute atomic E-state index is 9.89. The van der Waals surface area contributed by atoms with E-state index >= 15 is 0 Å². The first-order chi connectivity index (χ1) is 9.93. The molecule has 1 aliphatic heterocycles. The highest BCUT2D eigenvalue weighted by Gasteiger charge is 2.30. The number of rotatable bonds is 3. The highest BCUT2D eigenvalue weighted by Crippen LogP contribution is 2.29. The molecule has 6 nitrogen and oxygen atoms in total. The lowest BCUT2D eigenvalue weighted by Crippen LogP contribution is -2.21. The molecule has 0 saturated carbocycles. The van der Waals surface area contributed by atoms with Gasteiger partial charge in [0.2, 0.25) is 0 Å². The van der Waals surface area contributed by atoms with Crippen molar-refractivity contribution in [2.24, 2.45) is 0 Å². The summed E-state index contributed by atoms with van der Waals surface area (Å²) in [6.45, 7) is 4.99. The third kappa shape index (κ3) is 6.16. The van der Waals surface area contributed by atoms with Gasteiger partial charge in [-0.25, -0.2) is 9.59 Å². The molecule has 1 aromatic carbocycles. The first-order valence-corrected chi connectivity index (χ1v) is 7.40. The monoisotopic (exact) mass is 313 g/mol. The molecule has 1 saturated heterocycles. The summed E-state index contributed by atoms with van der Waals surface area (Å²) in [6, 6.07) is 10.3. The zero-order valence-electron chi connectivity index (χ0n) is 11.7. The van der Waals surface area contributed by atoms with Gasteiger partial charge in [0.1, 0.15) is 0 Å². The molecule has 0 aromatic heterocycles. The molecule has 21 heavy (non-hydrogen) atoms. The number of likely N-dealkylation sites (N-methyl/N-ethyl adjacent to an activating group) is 1. The van der Waals surface area contributed by atoms with Crippen LogP contribution in [0, 0.1) is 0 Å². The van der Waals surface area contributed by atoms with E-state index < -0.39 is 11.9 Å². The Hall–Kier alpha value is -1.57. The number of benzene rings is 1. The third-order valence-electron chi connectivity index (χ3n) is 2.97. The van der Waals surface area contributed by atoms with Crippen molar-refractivity contribution in [1.29, 1.82) is 0 Å². The van der Waals surface area contributed by atoms with Gasteiger partial charge in [0.05, 0.1) is 6.10 Å². The lowest BCUT2D eigenvalue weighted by atomic mass is 10.3. The number of nitrogens with zero attached hydrogens (tertiary/aromatic N) is 1. The van der Waals surface area contributed by atoms with Gasteiger partial charge in [0.25, 0.3) is 0 Å². The van der Waals surface area contributed by atoms with Gasteiger partial charge in [-0.2, -0.15) is 0 Å². The molecule has 0 radical (unpaired) electrons. The Morgan fingerprint density at radius 1 is 1.19 bits per heavy atom. The Balaban J connectivity index is 0.000000315. The van der Waals surface area contributed by atoms with Crippen LogP contribution in [0.25, 0.3) is 0 Å². The van der Waals surface area contributed by atoms with Crippen LogP contribution in [0.2, 0.25) is 0 Å². The molecule has 0 spiro atoms. The molecule has 1 heterocycles. The Morgan fingerprint density at radius 3 is 2.19 bits per heavy atom. The molecule has 0 aliphatic carbocycles. The summed E-state index contributed by atoms with van der Waals surface area (Å²) < 4.78 is 0. The number of carboxylic acids is 2. The number of aliphatic hydroxyl groups is 1. The Kier molecular flexibility index (Phi) is 7.21. The molecule has 3 N–H and O–H groups in total. The van der Waals surface area contributed by atoms with Crippen molar-refractivity contribution in [1.82, 2.24) is 4.90 Å². The number of carbonyl (C=O) groups is 2. The van der Waals surface area contributed by atoms with Gasteiger partial charge in [0, 0.05) is 23.2 Å². The normalized spacial score (nSPS) is 21.4. The number of aliphatic carboxylic acids is 2. The van der Waals surface area contributed by atoms with Crippen molar-refractivity contribution >= 4 is 23.7 Å². The zero-order chi connectivity index (χ0) is 15.8. The number of thioether (sulfide) groups is 1. The van der Waals surface area contributed by atoms with Gasteiger partial charge in [-0.05, 0) is 18.7 Å². The quantitative estimate of drug-likeness (QED) is 0.716. The van der Waals surface area contributed by atoms with Crippen LogP contribution in [0.5, 0.6) is 0 Å². The van der Waals surface area contributed by atoms with Crippen LogP contribution in [0.15, 0.2) is 35.2 Å². The zero-order valence-corrected chi connectivity index (χ0v) is 12.5. The van der Waals surface area contributed by atoms with Crippen LogP contribution in [0.3, 0.4) is 0 Å². The van der Waals surface area contributed by atoms with Crippen LogP contribution in [0.4, 0.5) is 0 Å². The van der Waals surface area contributed by atoms with Gasteiger partial charge in [-0.3, -0.25) is 4.90 Å². The van der Waals surface area contributed by atoms with Crippen molar-refractivity contribution in [3.63, 3.8) is 0 Å². The molecule has 1 aromatic rings. The molecule has 1 fully saturated rings. The molecule has 7 heteroatoms. The fourth-order valence-corrected chi connectivity index (χ4v) is 3.07. The Bertz CT molecular complexity index is 456. The maximum atomic E-state index is 9.89. The van der Waals surface area contributed by atoms with Gasteiger partial charge in [-0.15, -0.1) is 11.8 Å². The van der Waals surface area contributed by atoms with E-state index in [0.717, 1.165) is 19.6 Å². The number of hydrogen-bond donors (Lipinski definition) is 3. The van der Waals surface area contributed by atoms with Gasteiger partial charge < -0.3 is 15.3 Å². The third-order valence-corrected chi connectivity index (χ3v) is 4.28. The van der Waals surface area contributed by atoms with E-state index in [-0.39, 0.29) is 6.10 Å². The van der Waals surface area contributed by atoms with Gasteiger partial charge in [0.15, 0.2) is 0 Å². The Morgan fingerprint density at radius 2 is 1.76 bits per heavy atom. The summed E-state index contributed by atoms with van der Waals surface area (Å²) in [5.74, 6) is -3.65. The number of aliphatic hydroxyl groups excluding tert-OH is 1. The van der Waals surface area contributed by atoms with Crippen molar-refractivity contribution in [3.8, 4) is 0 Å². The first-order valence-electron chi connectivity index (χ1n) is 6.52. The highest BCUT2D eigenvalue weighted by molar-refractivity contribution is 8.00. The average molecular weight is 313 g/mol. The van der Waals surface area contributed by atoms with E-state index in [2.05, 4.69) is 24.0 Å². The fourth-order valence-electron chi connectivity index (χ4n) is 1.88. The van der Waals surface area contributed by atoms with Crippen molar-refractivity contribution in [3.05, 3.63) is 30.3 Å². The van der Waals surface area contributed by atoms with E-state index in [1.54, 1.807) is 11.8 Å². The predicted octanol–water partition coefficient (Wildman–Crippen LogP) is 0.999. The summed E-state index contributed by atoms with van der Waals surface area (Å²) in [7, 11) is 0. The van der Waals surface area contributed by atoms with E-state index in [1.165, 1.54) is 4.90 Å². The molecule has 1 aliphatic rings. The summed E-state index contributed by atoms with van der Waals surface area (Å²) in [5, 5.41) is 25.0.